The summed E-state index contributed by atoms with van der Waals surface area (Å²) in [7, 11) is 0. The van der Waals surface area contributed by atoms with Crippen LogP contribution in [0.1, 0.15) is 29.0 Å². The molecule has 0 atom stereocenters. The zero-order valence-electron chi connectivity index (χ0n) is 19.2. The van der Waals surface area contributed by atoms with Gasteiger partial charge in [0.2, 0.25) is 5.91 Å². The molecule has 35 heavy (non-hydrogen) atoms. The monoisotopic (exact) mass is 493 g/mol. The highest BCUT2D eigenvalue weighted by molar-refractivity contribution is 5.92. The summed E-state index contributed by atoms with van der Waals surface area (Å²) in [6.45, 7) is 4.55. The second-order valence-corrected chi connectivity index (χ2v) is 8.70. The summed E-state index contributed by atoms with van der Waals surface area (Å²) in [5.74, 6) is -0.798. The number of halogens is 3. The molecule has 2 aliphatic rings. The molecule has 9 nitrogen and oxygen atoms in total. The summed E-state index contributed by atoms with van der Waals surface area (Å²) >= 11 is 0. The molecule has 2 saturated heterocycles. The minimum Gasteiger partial charge on any atom is -0.406 e. The van der Waals surface area contributed by atoms with Gasteiger partial charge < -0.3 is 19.7 Å². The first kappa shape index (κ1) is 24.9. The Morgan fingerprint density at radius 2 is 1.83 bits per heavy atom. The molecule has 12 heteroatoms. The number of nitrogens with zero attached hydrogens (tertiary/aromatic N) is 4. The lowest BCUT2D eigenvalue weighted by Crippen LogP contribution is -2.58. The maximum atomic E-state index is 12.7. The summed E-state index contributed by atoms with van der Waals surface area (Å²) in [4.78, 5) is 37.3. The number of aromatic nitrogens is 2. The third-order valence-corrected chi connectivity index (χ3v) is 6.03. The molecule has 1 N–H and O–H groups in total. The summed E-state index contributed by atoms with van der Waals surface area (Å²) in [5.41, 5.74) is 0.988. The molecule has 2 amide bonds. The Morgan fingerprint density at radius 1 is 1.11 bits per heavy atom. The molecule has 4 rings (SSSR count). The van der Waals surface area contributed by atoms with E-state index in [0.29, 0.717) is 57.0 Å². The Morgan fingerprint density at radius 3 is 2.46 bits per heavy atom. The number of anilines is 1. The summed E-state index contributed by atoms with van der Waals surface area (Å²) in [6.07, 6.45) is -0.449. The molecular weight excluding hydrogens is 467 g/mol. The number of alkyl halides is 3. The largest absolute Gasteiger partial charge is 0.573 e. The van der Waals surface area contributed by atoms with E-state index in [9.17, 15) is 22.8 Å². The van der Waals surface area contributed by atoms with E-state index in [1.54, 1.807) is 11.1 Å². The van der Waals surface area contributed by atoms with Crippen LogP contribution in [0.5, 0.6) is 5.75 Å². The summed E-state index contributed by atoms with van der Waals surface area (Å²) in [5, 5.41) is 2.69. The van der Waals surface area contributed by atoms with E-state index < -0.39 is 12.0 Å². The van der Waals surface area contributed by atoms with Crippen LogP contribution in [0.2, 0.25) is 0 Å². The average molecular weight is 493 g/mol. The number of amides is 2. The van der Waals surface area contributed by atoms with Gasteiger partial charge in [-0.25, -0.2) is 4.98 Å². The Kier molecular flexibility index (Phi) is 7.22. The quantitative estimate of drug-likeness (QED) is 0.684. The van der Waals surface area contributed by atoms with Gasteiger partial charge in [-0.2, -0.15) is 0 Å². The fourth-order valence-corrected chi connectivity index (χ4v) is 4.29. The van der Waals surface area contributed by atoms with Crippen LogP contribution in [0.15, 0.2) is 36.7 Å². The molecule has 0 unspecified atom stereocenters. The molecule has 0 bridgehead atoms. The predicted octanol–water partition coefficient (Wildman–Crippen LogP) is 2.63. The summed E-state index contributed by atoms with van der Waals surface area (Å²) < 4.78 is 46.8. The Hall–Kier alpha value is -3.25. The SMILES string of the molecule is Cc1cnc(C(=O)N2CCC3(CC2)CN(CC(=O)Nc2ccc(OC(F)(F)F)cc2)CCO3)cn1. The molecule has 1 aromatic heterocycles. The minimum atomic E-state index is -4.77. The number of ether oxygens (including phenoxy) is 2. The lowest BCUT2D eigenvalue weighted by atomic mass is 9.89. The van der Waals surface area contributed by atoms with Crippen molar-refractivity contribution in [1.82, 2.24) is 19.8 Å². The maximum Gasteiger partial charge on any atom is 0.573 e. The lowest BCUT2D eigenvalue weighted by molar-refractivity contribution is -0.274. The fourth-order valence-electron chi connectivity index (χ4n) is 4.29. The number of carbonyl (C=O) groups is 2. The molecule has 0 aliphatic carbocycles. The molecule has 2 aliphatic heterocycles. The van der Waals surface area contributed by atoms with E-state index in [1.165, 1.54) is 18.3 Å². The second-order valence-electron chi connectivity index (χ2n) is 8.70. The number of benzene rings is 1. The zero-order valence-corrected chi connectivity index (χ0v) is 19.2. The lowest BCUT2D eigenvalue weighted by Gasteiger charge is -2.47. The molecule has 1 aromatic carbocycles. The van der Waals surface area contributed by atoms with Crippen LogP contribution in [0.3, 0.4) is 0 Å². The van der Waals surface area contributed by atoms with E-state index in [2.05, 4.69) is 20.0 Å². The van der Waals surface area contributed by atoms with Crippen LogP contribution in [0.4, 0.5) is 18.9 Å². The fraction of sp³-hybridized carbons (Fsp3) is 0.478. The first-order chi connectivity index (χ1) is 16.6. The molecule has 1 spiro atoms. The van der Waals surface area contributed by atoms with Crippen molar-refractivity contribution < 1.29 is 32.2 Å². The highest BCUT2D eigenvalue weighted by atomic mass is 19.4. The third-order valence-electron chi connectivity index (χ3n) is 6.03. The van der Waals surface area contributed by atoms with Crippen LogP contribution in [0, 0.1) is 6.92 Å². The first-order valence-corrected chi connectivity index (χ1v) is 11.2. The van der Waals surface area contributed by atoms with E-state index >= 15 is 0 Å². The second kappa shape index (κ2) is 10.2. The van der Waals surface area contributed by atoms with Crippen molar-refractivity contribution >= 4 is 17.5 Å². The normalized spacial score (nSPS) is 18.3. The number of morpholine rings is 1. The Labute approximate surface area is 200 Å². The number of rotatable bonds is 5. The van der Waals surface area contributed by atoms with E-state index in [4.69, 9.17) is 4.74 Å². The number of hydrogen-bond donors (Lipinski definition) is 1. The van der Waals surface area contributed by atoms with Crippen molar-refractivity contribution in [3.05, 3.63) is 48.0 Å². The van der Waals surface area contributed by atoms with Gasteiger partial charge in [-0.3, -0.25) is 19.5 Å². The zero-order chi connectivity index (χ0) is 25.1. The molecule has 0 saturated carbocycles. The van der Waals surface area contributed by atoms with E-state index in [-0.39, 0.29) is 24.1 Å². The van der Waals surface area contributed by atoms with Crippen LogP contribution in [-0.2, 0) is 9.53 Å². The number of hydrogen-bond acceptors (Lipinski definition) is 7. The standard InChI is InChI=1S/C23H26F3N5O4/c1-16-12-28-19(13-27-16)21(33)31-8-6-22(7-9-31)15-30(10-11-34-22)14-20(32)29-17-2-4-18(5-3-17)35-23(24,25)26/h2-5,12-13H,6-11,14-15H2,1H3,(H,29,32). The maximum absolute atomic E-state index is 12.7. The Bertz CT molecular complexity index is 1040. The van der Waals surface area contributed by atoms with Crippen molar-refractivity contribution in [2.45, 2.75) is 31.7 Å². The highest BCUT2D eigenvalue weighted by Crippen LogP contribution is 2.31. The van der Waals surface area contributed by atoms with Crippen molar-refractivity contribution in [3.63, 3.8) is 0 Å². The molecule has 188 valence electrons. The van der Waals surface area contributed by atoms with Crippen molar-refractivity contribution in [2.24, 2.45) is 0 Å². The predicted molar refractivity (Wildman–Crippen MR) is 119 cm³/mol. The van der Waals surface area contributed by atoms with Gasteiger partial charge in [0.1, 0.15) is 11.4 Å². The van der Waals surface area contributed by atoms with Crippen LogP contribution < -0.4 is 10.1 Å². The van der Waals surface area contributed by atoms with Crippen molar-refractivity contribution in [2.75, 3.05) is 44.6 Å². The number of piperidine rings is 1. The van der Waals surface area contributed by atoms with Gasteiger partial charge in [-0.05, 0) is 44.0 Å². The number of carbonyl (C=O) groups excluding carboxylic acids is 2. The van der Waals surface area contributed by atoms with Crippen LogP contribution in [-0.4, -0.2) is 82.9 Å². The molecule has 2 fully saturated rings. The minimum absolute atomic E-state index is 0.119. The number of nitrogens with one attached hydrogen (secondary N) is 1. The van der Waals surface area contributed by atoms with Crippen LogP contribution >= 0.6 is 0 Å². The van der Waals surface area contributed by atoms with E-state index in [0.717, 1.165) is 17.8 Å². The van der Waals surface area contributed by atoms with Gasteiger partial charge in [0.25, 0.3) is 5.91 Å². The smallest absolute Gasteiger partial charge is 0.406 e. The van der Waals surface area contributed by atoms with Gasteiger partial charge in [0.05, 0.1) is 30.6 Å². The molecule has 3 heterocycles. The molecule has 0 radical (unpaired) electrons. The Balaban J connectivity index is 1.27. The average Bonchev–Trinajstić information content (AvgIpc) is 2.80. The molecular formula is C23H26F3N5O4. The van der Waals surface area contributed by atoms with Crippen molar-refractivity contribution in [1.29, 1.82) is 0 Å². The summed E-state index contributed by atoms with van der Waals surface area (Å²) in [6, 6.07) is 4.99. The highest BCUT2D eigenvalue weighted by Gasteiger charge is 2.41. The first-order valence-electron chi connectivity index (χ1n) is 11.2. The van der Waals surface area contributed by atoms with Gasteiger partial charge in [0, 0.05) is 38.1 Å². The van der Waals surface area contributed by atoms with E-state index in [1.807, 2.05) is 11.8 Å². The van der Waals surface area contributed by atoms with Gasteiger partial charge in [-0.1, -0.05) is 0 Å². The molecule has 2 aromatic rings. The van der Waals surface area contributed by atoms with Gasteiger partial charge in [-0.15, -0.1) is 13.2 Å². The topological polar surface area (TPSA) is 96.9 Å². The van der Waals surface area contributed by atoms with Crippen molar-refractivity contribution in [3.8, 4) is 5.75 Å². The van der Waals surface area contributed by atoms with Crippen LogP contribution in [0.25, 0.3) is 0 Å². The van der Waals surface area contributed by atoms with Gasteiger partial charge >= 0.3 is 6.36 Å². The number of aryl methyl sites for hydroxylation is 1. The number of likely N-dealkylation sites (tertiary alicyclic amines) is 1. The van der Waals surface area contributed by atoms with Gasteiger partial charge in [0.15, 0.2) is 0 Å². The third kappa shape index (κ3) is 6.67.